The van der Waals surface area contributed by atoms with Gasteiger partial charge in [-0.25, -0.2) is 19.9 Å². The smallest absolute Gasteiger partial charge is 0.115 e. The topological polar surface area (TPSA) is 183 Å². The number of thioether (sulfide) groups is 1. The van der Waals surface area contributed by atoms with E-state index in [-0.39, 0.29) is 111 Å². The molecule has 0 aromatic carbocycles. The molecule has 0 atom stereocenters. The van der Waals surface area contributed by atoms with E-state index in [0.29, 0.717) is 0 Å². The predicted octanol–water partition coefficient (Wildman–Crippen LogP) is 35.1. The fourth-order valence-electron chi connectivity index (χ4n) is 7.75. The quantitative estimate of drug-likeness (QED) is 0.137. The molecule has 0 saturated heterocycles. The Hall–Kier alpha value is -9.52. The van der Waals surface area contributed by atoms with Crippen molar-refractivity contribution >= 4 is 40.7 Å². The Morgan fingerprint density at radius 3 is 0.746 bits per heavy atom. The van der Waals surface area contributed by atoms with E-state index in [1.807, 2.05) is 186 Å². The number of thiophene rings is 2. The van der Waals surface area contributed by atoms with Crippen LogP contribution in [-0.2, 0) is 4.74 Å². The zero-order chi connectivity index (χ0) is 83.4. The van der Waals surface area contributed by atoms with E-state index in [0.717, 1.165) is 65.2 Å². The Bertz CT molecular complexity index is 3720. The summed E-state index contributed by atoms with van der Waals surface area (Å²) in [7, 11) is 0. The zero-order valence-electron chi connectivity index (χ0n) is 72.8. The number of hydrogen-bond acceptors (Lipinski definition) is 15. The summed E-state index contributed by atoms with van der Waals surface area (Å²) < 4.78 is 15.0. The fourth-order valence-corrected chi connectivity index (χ4v) is 10.4. The van der Waals surface area contributed by atoms with Gasteiger partial charge in [0.05, 0.1) is 32.3 Å². The van der Waals surface area contributed by atoms with Crippen LogP contribution in [0.25, 0.3) is 0 Å². The van der Waals surface area contributed by atoms with Crippen LogP contribution in [0.15, 0.2) is 218 Å². The number of rotatable bonds is 0. The van der Waals surface area contributed by atoms with Crippen molar-refractivity contribution in [2.75, 3.05) is 31.3 Å². The van der Waals surface area contributed by atoms with Crippen molar-refractivity contribution < 1.29 is 13.6 Å². The van der Waals surface area contributed by atoms with Crippen LogP contribution in [0.1, 0.15) is 286 Å². The average Bonchev–Trinajstić information content (AvgIpc) is 1.50. The minimum atomic E-state index is 0. The number of aromatic amines is 2. The highest BCUT2D eigenvalue weighted by Gasteiger charge is 2.05. The van der Waals surface area contributed by atoms with Crippen LogP contribution in [0.4, 0.5) is 0 Å². The Labute approximate surface area is 791 Å². The van der Waals surface area contributed by atoms with Crippen molar-refractivity contribution in [3.8, 4) is 0 Å². The van der Waals surface area contributed by atoms with Gasteiger partial charge in [0, 0.05) is 124 Å². The first-order valence-electron chi connectivity index (χ1n) is 37.4. The second kappa shape index (κ2) is 87.5. The van der Waals surface area contributed by atoms with Crippen LogP contribution in [0.2, 0.25) is 0 Å². The van der Waals surface area contributed by atoms with Crippen molar-refractivity contribution in [2.45, 2.75) is 319 Å². The maximum absolute atomic E-state index is 5.09. The number of pyridine rings is 4. The highest BCUT2D eigenvalue weighted by molar-refractivity contribution is 7.99. The van der Waals surface area contributed by atoms with E-state index < -0.39 is 0 Å². The molecule has 12 aromatic rings. The largest absolute Gasteiger partial charge is 0.469 e. The molecule has 718 valence electrons. The monoisotopic (exact) mass is 1800 g/mol. The van der Waals surface area contributed by atoms with E-state index in [2.05, 4.69) is 240 Å². The second-order valence-electron chi connectivity index (χ2n) is 27.6. The third kappa shape index (κ3) is 68.7. The van der Waals surface area contributed by atoms with Gasteiger partial charge >= 0.3 is 0 Å². The van der Waals surface area contributed by atoms with Crippen LogP contribution < -0.4 is 0 Å². The first-order chi connectivity index (χ1) is 52.6. The van der Waals surface area contributed by atoms with Gasteiger partial charge in [-0.15, -0.1) is 22.7 Å². The minimum Gasteiger partial charge on any atom is -0.469 e. The van der Waals surface area contributed by atoms with Gasteiger partial charge in [-0.1, -0.05) is 135 Å². The molecule has 17 heteroatoms. The minimum absolute atomic E-state index is 0. The molecule has 0 amide bonds. The van der Waals surface area contributed by atoms with Crippen LogP contribution in [0.3, 0.4) is 0 Å². The summed E-state index contributed by atoms with van der Waals surface area (Å²) in [5.41, 5.74) is 33.4. The molecule has 15 rings (SSSR count). The Kier molecular flexibility index (Phi) is 105. The Morgan fingerprint density at radius 2 is 0.627 bits per heavy atom. The molecule has 0 radical (unpaired) electrons. The van der Waals surface area contributed by atoms with Crippen molar-refractivity contribution in [2.24, 2.45) is 4.99 Å². The standard InChI is InChI=1S/4C7H9N.2C6H8N2.3C6H9N.C6H10O.2C6H8O.C6H10S.2C6H8S.15CH4/c2*1-6-3-4-8-5-7(6)2;2*1-6-4-3-5-8-7(6)2;2*1-5-3-7-4-8-6(5)2;1-5-3-7-4-6(5)2;2*1-5-3-4-7-6(5)2;1-5-3-7-4-6(5)2;2*1-5-3-4-7-6(5)2;1-5-3-7-4-6(5)2;2*1-5-3-4-7-6(5)2;;;;;;;;;;;;;;;/h4*3-5H,1-2H3;2*3-4H,1-2H3;3H,4H2,1-2H3;2*3-4,7H,1-2H3;3-4H2,1-2H3;2*3-4H,1-2H3;3-4H2,1-2H3;2*3-4H,1-2H3;15*1H4. The predicted molar refractivity (Wildman–Crippen MR) is 580 cm³/mol. The summed E-state index contributed by atoms with van der Waals surface area (Å²) in [6.45, 7) is 64.6. The summed E-state index contributed by atoms with van der Waals surface area (Å²) in [6.07, 6.45) is 26.9. The van der Waals surface area contributed by atoms with Gasteiger partial charge in [-0.05, 0) is 379 Å². The number of furan rings is 2. The molecule has 0 bridgehead atoms. The first kappa shape index (κ1) is 151. The number of nitrogens with one attached hydrogen (secondary N) is 2. The molecule has 0 unspecified atom stereocenters. The van der Waals surface area contributed by atoms with Crippen LogP contribution in [0, 0.1) is 166 Å². The molecule has 15 heterocycles. The lowest BCUT2D eigenvalue weighted by molar-refractivity contribution is 0.204. The molecule has 14 nitrogen and oxygen atoms in total. The van der Waals surface area contributed by atoms with E-state index in [1.165, 1.54) is 122 Å². The number of aliphatic imine (C=N–C) groups is 1. The van der Waals surface area contributed by atoms with E-state index in [1.54, 1.807) is 59.0 Å². The van der Waals surface area contributed by atoms with E-state index in [9.17, 15) is 0 Å². The van der Waals surface area contributed by atoms with Gasteiger partial charge < -0.3 is 23.5 Å². The fraction of sp³-hybridized carbons (Fsp3) is 0.459. The molecule has 0 aliphatic carbocycles. The number of nitrogens with zero attached hydrogens (tertiary/aromatic N) is 9. The van der Waals surface area contributed by atoms with Crippen molar-refractivity contribution in [1.82, 2.24) is 49.8 Å². The van der Waals surface area contributed by atoms with Gasteiger partial charge in [0.2, 0.25) is 0 Å². The van der Waals surface area contributed by atoms with Gasteiger partial charge in [0.1, 0.15) is 24.2 Å². The Balaban J connectivity index is -0.0000000799. The summed E-state index contributed by atoms with van der Waals surface area (Å²) >= 11 is 5.62. The molecule has 3 aliphatic heterocycles. The molecule has 0 fully saturated rings. The number of hydrogen-bond donors (Lipinski definition) is 2. The molecule has 0 saturated carbocycles. The number of aryl methyl sites for hydroxylation is 24. The number of allylic oxidation sites excluding steroid dienone is 1. The Morgan fingerprint density at radius 1 is 0.294 bits per heavy atom. The third-order valence-electron chi connectivity index (χ3n) is 18.4. The highest BCUT2D eigenvalue weighted by atomic mass is 32.2. The molecule has 3 aliphatic rings. The normalized spacial score (nSPS) is 10.1. The van der Waals surface area contributed by atoms with Crippen LogP contribution in [0.5, 0.6) is 0 Å². The molecular weight excluding hydrogens is 1610 g/mol. The SMILES string of the molecule is C.C.C.C.C.C.C.C.C.C.C.C.C.C.C.CC1=C(C)CN=C1.CC1=C(C)COC1.CC1=C(C)CSC1.Cc1cc[nH]c1C.Cc1cc[nH]c1C.Cc1cccnc1C.Cc1cccnc1C.Cc1ccncc1C.Cc1ccncc1C.Cc1ccoc1C.Cc1ccoc1C.Cc1ccsc1C.Cc1ccsc1C.Cc1cncnc1C.Cc1cncnc1C. The molecule has 2 N–H and O–H groups in total. The van der Waals surface area contributed by atoms with Crippen LogP contribution in [-0.4, -0.2) is 87.3 Å². The van der Waals surface area contributed by atoms with Crippen LogP contribution >= 0.6 is 34.4 Å². The van der Waals surface area contributed by atoms with Crippen molar-refractivity contribution in [3.05, 3.63) is 337 Å². The lowest BCUT2D eigenvalue weighted by Crippen LogP contribution is -1.85. The lowest BCUT2D eigenvalue weighted by atomic mass is 10.2. The van der Waals surface area contributed by atoms with Gasteiger partial charge in [-0.3, -0.25) is 24.9 Å². The van der Waals surface area contributed by atoms with Gasteiger partial charge in [0.25, 0.3) is 0 Å². The third-order valence-corrected chi connectivity index (χ3v) is 21.6. The van der Waals surface area contributed by atoms with Crippen molar-refractivity contribution in [3.63, 3.8) is 0 Å². The summed E-state index contributed by atoms with van der Waals surface area (Å²) in [5, 5.41) is 4.23. The first-order valence-corrected chi connectivity index (χ1v) is 40.3. The second-order valence-corrected chi connectivity index (χ2v) is 30.8. The van der Waals surface area contributed by atoms with Gasteiger partial charge in [0.15, 0.2) is 0 Å². The highest BCUT2D eigenvalue weighted by Crippen LogP contribution is 2.23. The molecular formula is C109H191N11O3S3. The van der Waals surface area contributed by atoms with E-state index in [4.69, 9.17) is 13.6 Å². The maximum atomic E-state index is 5.09. The molecule has 12 aromatic heterocycles. The summed E-state index contributed by atoms with van der Waals surface area (Å²) in [4.78, 5) is 44.7. The number of aromatic nitrogens is 10. The van der Waals surface area contributed by atoms with E-state index >= 15 is 0 Å². The number of H-pyrrole nitrogens is 2. The molecule has 126 heavy (non-hydrogen) atoms. The average molecular weight is 1800 g/mol. The zero-order valence-corrected chi connectivity index (χ0v) is 75.2. The summed E-state index contributed by atoms with van der Waals surface area (Å²) in [5.74, 6) is 4.57. The number of ether oxygens (including phenoxy) is 1. The van der Waals surface area contributed by atoms with Crippen molar-refractivity contribution in [1.29, 1.82) is 0 Å². The summed E-state index contributed by atoms with van der Waals surface area (Å²) in [6, 6.07) is 24.3. The maximum Gasteiger partial charge on any atom is 0.115 e. The molecule has 0 spiro atoms. The lowest BCUT2D eigenvalue weighted by Gasteiger charge is -1.92. The van der Waals surface area contributed by atoms with Gasteiger partial charge in [-0.2, -0.15) is 11.8 Å².